The third-order valence-electron chi connectivity index (χ3n) is 3.50. The van der Waals surface area contributed by atoms with Gasteiger partial charge in [0, 0.05) is 12.1 Å². The lowest BCUT2D eigenvalue weighted by molar-refractivity contribution is -0.130. The summed E-state index contributed by atoms with van der Waals surface area (Å²) in [6, 6.07) is 4.24. The first-order valence-electron chi connectivity index (χ1n) is 6.43. The highest BCUT2D eigenvalue weighted by Gasteiger charge is 2.34. The van der Waals surface area contributed by atoms with E-state index in [1.165, 1.54) is 24.3 Å². The van der Waals surface area contributed by atoms with Crippen molar-refractivity contribution < 1.29 is 18.7 Å². The summed E-state index contributed by atoms with van der Waals surface area (Å²) in [5, 5.41) is 0. The molecule has 2 rings (SSSR count). The number of primary amides is 1. The molecule has 0 aliphatic carbocycles. The first-order chi connectivity index (χ1) is 9.50. The van der Waals surface area contributed by atoms with E-state index in [1.807, 2.05) is 0 Å². The molecular formula is C14H17FN2O3. The Morgan fingerprint density at radius 3 is 2.65 bits per heavy atom. The number of hydrogen-bond acceptors (Lipinski definition) is 4. The number of halogens is 1. The molecule has 1 aromatic rings. The van der Waals surface area contributed by atoms with Crippen molar-refractivity contribution >= 4 is 11.7 Å². The molecule has 108 valence electrons. The van der Waals surface area contributed by atoms with Gasteiger partial charge < -0.3 is 10.5 Å². The molecule has 0 spiro atoms. The van der Waals surface area contributed by atoms with Crippen LogP contribution in [0.15, 0.2) is 24.3 Å². The SMILES string of the molecule is CC(C(=O)c1ccc(F)cc1)N1CCOCC1C(N)=O. The minimum atomic E-state index is -0.608. The number of Topliss-reactive ketones (excluding diaryl/α,β-unsaturated/α-hetero) is 1. The zero-order chi connectivity index (χ0) is 14.7. The number of rotatable bonds is 4. The molecule has 1 aliphatic heterocycles. The molecule has 6 heteroatoms. The minimum Gasteiger partial charge on any atom is -0.378 e. The van der Waals surface area contributed by atoms with Gasteiger partial charge in [0.15, 0.2) is 5.78 Å². The number of ether oxygens (including phenoxy) is 1. The van der Waals surface area contributed by atoms with Crippen LogP contribution in [0.3, 0.4) is 0 Å². The molecule has 1 heterocycles. The van der Waals surface area contributed by atoms with Crippen LogP contribution < -0.4 is 5.73 Å². The lowest BCUT2D eigenvalue weighted by atomic mass is 10.0. The fraction of sp³-hybridized carbons (Fsp3) is 0.429. The van der Waals surface area contributed by atoms with Gasteiger partial charge in [0.05, 0.1) is 19.3 Å². The summed E-state index contributed by atoms with van der Waals surface area (Å²) in [6.45, 7) is 2.82. The van der Waals surface area contributed by atoms with Crippen molar-refractivity contribution in [3.63, 3.8) is 0 Å². The highest BCUT2D eigenvalue weighted by atomic mass is 19.1. The van der Waals surface area contributed by atoms with E-state index < -0.39 is 23.8 Å². The number of carbonyl (C=O) groups excluding carboxylic acids is 2. The van der Waals surface area contributed by atoms with Crippen LogP contribution in [0.1, 0.15) is 17.3 Å². The van der Waals surface area contributed by atoms with Gasteiger partial charge >= 0.3 is 0 Å². The molecule has 0 aromatic heterocycles. The Kier molecular flexibility index (Phi) is 4.46. The third kappa shape index (κ3) is 3.02. The Bertz CT molecular complexity index is 504. The number of amides is 1. The van der Waals surface area contributed by atoms with Gasteiger partial charge in [0.25, 0.3) is 0 Å². The van der Waals surface area contributed by atoms with Crippen molar-refractivity contribution in [3.8, 4) is 0 Å². The van der Waals surface area contributed by atoms with Gasteiger partial charge in [-0.1, -0.05) is 0 Å². The maximum atomic E-state index is 12.9. The average Bonchev–Trinajstić information content (AvgIpc) is 2.46. The van der Waals surface area contributed by atoms with E-state index in [2.05, 4.69) is 0 Å². The smallest absolute Gasteiger partial charge is 0.237 e. The van der Waals surface area contributed by atoms with Crippen LogP contribution in [0.2, 0.25) is 0 Å². The fourth-order valence-electron chi connectivity index (χ4n) is 2.33. The number of carbonyl (C=O) groups is 2. The van der Waals surface area contributed by atoms with Crippen LogP contribution in [-0.2, 0) is 9.53 Å². The third-order valence-corrected chi connectivity index (χ3v) is 3.50. The van der Waals surface area contributed by atoms with Crippen molar-refractivity contribution in [2.45, 2.75) is 19.0 Å². The Hall–Kier alpha value is -1.79. The molecule has 0 saturated carbocycles. The van der Waals surface area contributed by atoms with Gasteiger partial charge in [0.2, 0.25) is 5.91 Å². The second-order valence-corrected chi connectivity index (χ2v) is 4.78. The van der Waals surface area contributed by atoms with Crippen molar-refractivity contribution in [3.05, 3.63) is 35.6 Å². The number of morpholine rings is 1. The summed E-state index contributed by atoms with van der Waals surface area (Å²) in [5.41, 5.74) is 5.74. The number of hydrogen-bond donors (Lipinski definition) is 1. The van der Waals surface area contributed by atoms with Crippen LogP contribution in [-0.4, -0.2) is 48.4 Å². The van der Waals surface area contributed by atoms with Gasteiger partial charge in [-0.15, -0.1) is 0 Å². The maximum absolute atomic E-state index is 12.9. The Morgan fingerprint density at radius 1 is 1.40 bits per heavy atom. The molecule has 5 nitrogen and oxygen atoms in total. The van der Waals surface area contributed by atoms with Crippen molar-refractivity contribution in [2.75, 3.05) is 19.8 Å². The van der Waals surface area contributed by atoms with E-state index in [4.69, 9.17) is 10.5 Å². The lowest BCUT2D eigenvalue weighted by Gasteiger charge is -2.37. The maximum Gasteiger partial charge on any atom is 0.237 e. The summed E-state index contributed by atoms with van der Waals surface area (Å²) >= 11 is 0. The van der Waals surface area contributed by atoms with Crippen LogP contribution in [0, 0.1) is 5.82 Å². The quantitative estimate of drug-likeness (QED) is 0.819. The summed E-state index contributed by atoms with van der Waals surface area (Å²) in [4.78, 5) is 25.5. The van der Waals surface area contributed by atoms with Gasteiger partial charge in [-0.2, -0.15) is 0 Å². The summed E-state index contributed by atoms with van der Waals surface area (Å²) in [7, 11) is 0. The van der Waals surface area contributed by atoms with Crippen LogP contribution >= 0.6 is 0 Å². The van der Waals surface area contributed by atoms with E-state index in [0.29, 0.717) is 18.7 Å². The van der Waals surface area contributed by atoms with Crippen LogP contribution in [0.25, 0.3) is 0 Å². The minimum absolute atomic E-state index is 0.168. The van der Waals surface area contributed by atoms with Gasteiger partial charge in [-0.05, 0) is 31.2 Å². The Morgan fingerprint density at radius 2 is 2.05 bits per heavy atom. The molecule has 0 bridgehead atoms. The van der Waals surface area contributed by atoms with Crippen molar-refractivity contribution in [1.29, 1.82) is 0 Å². The highest BCUT2D eigenvalue weighted by molar-refractivity contribution is 6.00. The van der Waals surface area contributed by atoms with Gasteiger partial charge in [-0.25, -0.2) is 4.39 Å². The summed E-state index contributed by atoms with van der Waals surface area (Å²) in [5.74, 6) is -1.07. The van der Waals surface area contributed by atoms with Gasteiger partial charge in [-0.3, -0.25) is 14.5 Å². The molecule has 2 N–H and O–H groups in total. The molecule has 1 aromatic carbocycles. The topological polar surface area (TPSA) is 72.6 Å². The molecule has 0 radical (unpaired) electrons. The molecule has 1 amide bonds. The van der Waals surface area contributed by atoms with Crippen molar-refractivity contribution in [2.24, 2.45) is 5.73 Å². The molecule has 20 heavy (non-hydrogen) atoms. The molecule has 2 atom stereocenters. The first kappa shape index (κ1) is 14.6. The van der Waals surface area contributed by atoms with E-state index in [-0.39, 0.29) is 12.4 Å². The standard InChI is InChI=1S/C14H17FN2O3/c1-9(13(18)10-2-4-11(15)5-3-10)17-6-7-20-8-12(17)14(16)19/h2-5,9,12H,6-8H2,1H3,(H2,16,19). The van der Waals surface area contributed by atoms with Crippen LogP contribution in [0.5, 0.6) is 0 Å². The molecule has 1 aliphatic rings. The Balaban J connectivity index is 2.16. The number of nitrogens with zero attached hydrogens (tertiary/aromatic N) is 1. The second kappa shape index (κ2) is 6.11. The first-order valence-corrected chi connectivity index (χ1v) is 6.43. The van der Waals surface area contributed by atoms with E-state index >= 15 is 0 Å². The van der Waals surface area contributed by atoms with Gasteiger partial charge in [0.1, 0.15) is 11.9 Å². The predicted octanol–water partition coefficient (Wildman–Crippen LogP) is 0.583. The predicted molar refractivity (Wildman–Crippen MR) is 70.7 cm³/mol. The van der Waals surface area contributed by atoms with E-state index in [0.717, 1.165) is 0 Å². The normalized spacial score (nSPS) is 21.4. The largest absolute Gasteiger partial charge is 0.378 e. The fourth-order valence-corrected chi connectivity index (χ4v) is 2.33. The number of benzene rings is 1. The summed E-state index contributed by atoms with van der Waals surface area (Å²) in [6.07, 6.45) is 0. The average molecular weight is 280 g/mol. The molecule has 1 saturated heterocycles. The zero-order valence-electron chi connectivity index (χ0n) is 11.2. The zero-order valence-corrected chi connectivity index (χ0v) is 11.2. The Labute approximate surface area is 116 Å². The molecular weight excluding hydrogens is 263 g/mol. The molecule has 1 fully saturated rings. The second-order valence-electron chi connectivity index (χ2n) is 4.78. The highest BCUT2D eigenvalue weighted by Crippen LogP contribution is 2.15. The number of ketones is 1. The monoisotopic (exact) mass is 280 g/mol. The lowest BCUT2D eigenvalue weighted by Crippen LogP contribution is -2.57. The van der Waals surface area contributed by atoms with E-state index in [1.54, 1.807) is 11.8 Å². The van der Waals surface area contributed by atoms with Crippen LogP contribution in [0.4, 0.5) is 4.39 Å². The summed E-state index contributed by atoms with van der Waals surface area (Å²) < 4.78 is 18.1. The molecule has 2 unspecified atom stereocenters. The van der Waals surface area contributed by atoms with E-state index in [9.17, 15) is 14.0 Å². The van der Waals surface area contributed by atoms with Crippen molar-refractivity contribution in [1.82, 2.24) is 4.90 Å². The number of nitrogens with two attached hydrogens (primary N) is 1.